The van der Waals surface area contributed by atoms with Crippen LogP contribution in [0.15, 0.2) is 29.7 Å². The van der Waals surface area contributed by atoms with Crippen molar-refractivity contribution >= 4 is 40.1 Å². The van der Waals surface area contributed by atoms with Crippen LogP contribution >= 0.6 is 24.0 Å². The molecule has 0 fully saturated rings. The fourth-order valence-corrected chi connectivity index (χ4v) is 2.05. The largest absolute Gasteiger partial charge is 0.329 e. The summed E-state index contributed by atoms with van der Waals surface area (Å²) in [7, 11) is -3.43. The van der Waals surface area contributed by atoms with E-state index in [1.165, 1.54) is 6.08 Å². The molecule has 1 rings (SSSR count). The monoisotopic (exact) mass is 296 g/mol. The van der Waals surface area contributed by atoms with Gasteiger partial charge in [-0.2, -0.15) is 0 Å². The molecule has 0 unspecified atom stereocenters. The summed E-state index contributed by atoms with van der Waals surface area (Å²) in [6.45, 7) is 0.481. The van der Waals surface area contributed by atoms with E-state index < -0.39 is 10.0 Å². The lowest BCUT2D eigenvalue weighted by Crippen LogP contribution is -2.27. The van der Waals surface area contributed by atoms with Gasteiger partial charge in [0.15, 0.2) is 0 Å². The lowest BCUT2D eigenvalue weighted by Gasteiger charge is -2.00. The highest BCUT2D eigenvalue weighted by Crippen LogP contribution is 2.16. The van der Waals surface area contributed by atoms with Crippen LogP contribution in [0.4, 0.5) is 0 Å². The number of nitrogens with two attached hydrogens (primary N) is 1. The predicted octanol–water partition coefficient (Wildman–Crippen LogP) is 1.61. The minimum absolute atomic E-state index is 0. The van der Waals surface area contributed by atoms with Gasteiger partial charge in [-0.05, 0) is 17.7 Å². The normalized spacial score (nSPS) is 11.4. The highest BCUT2D eigenvalue weighted by molar-refractivity contribution is 7.92. The summed E-state index contributed by atoms with van der Waals surface area (Å²) in [6, 6.07) is 6.99. The lowest BCUT2D eigenvalue weighted by atomic mass is 10.2. The van der Waals surface area contributed by atoms with Crippen LogP contribution < -0.4 is 10.5 Å². The van der Waals surface area contributed by atoms with Crippen molar-refractivity contribution < 1.29 is 8.42 Å². The fourth-order valence-electron chi connectivity index (χ4n) is 1.02. The topological polar surface area (TPSA) is 72.2 Å². The molecule has 0 saturated carbocycles. The maximum absolute atomic E-state index is 11.4. The number of hydrogen-bond donors (Lipinski definition) is 2. The summed E-state index contributed by atoms with van der Waals surface area (Å²) in [5.74, 6) is 0. The maximum atomic E-state index is 11.4. The second-order valence-electron chi connectivity index (χ2n) is 3.05. The summed E-state index contributed by atoms with van der Waals surface area (Å²) >= 11 is 5.87. The van der Waals surface area contributed by atoms with Gasteiger partial charge in [-0.15, -0.1) is 12.4 Å². The minimum atomic E-state index is -3.43. The van der Waals surface area contributed by atoms with Crippen molar-refractivity contribution in [2.24, 2.45) is 5.73 Å². The van der Waals surface area contributed by atoms with Gasteiger partial charge in [-0.3, -0.25) is 0 Å². The first-order valence-corrected chi connectivity index (χ1v) is 6.60. The second-order valence-corrected chi connectivity index (χ2v) is 5.11. The van der Waals surface area contributed by atoms with Gasteiger partial charge >= 0.3 is 0 Å². The molecule has 0 aliphatic heterocycles. The van der Waals surface area contributed by atoms with E-state index in [1.807, 2.05) is 0 Å². The lowest BCUT2D eigenvalue weighted by molar-refractivity contribution is 0.591. The van der Waals surface area contributed by atoms with Crippen LogP contribution in [0, 0.1) is 0 Å². The number of rotatable bonds is 5. The van der Waals surface area contributed by atoms with Gasteiger partial charge in [0.1, 0.15) is 0 Å². The zero-order valence-corrected chi connectivity index (χ0v) is 11.4. The Morgan fingerprint density at radius 3 is 2.59 bits per heavy atom. The van der Waals surface area contributed by atoms with E-state index in [0.29, 0.717) is 10.6 Å². The zero-order chi connectivity index (χ0) is 12.0. The van der Waals surface area contributed by atoms with Crippen molar-refractivity contribution in [1.29, 1.82) is 0 Å². The van der Waals surface area contributed by atoms with Crippen molar-refractivity contribution in [1.82, 2.24) is 4.72 Å². The Hall–Kier alpha value is -0.590. The molecule has 0 atom stereocenters. The average molecular weight is 297 g/mol. The Balaban J connectivity index is 0.00000256. The third-order valence-corrected chi connectivity index (χ3v) is 3.22. The van der Waals surface area contributed by atoms with E-state index >= 15 is 0 Å². The van der Waals surface area contributed by atoms with Crippen molar-refractivity contribution in [3.05, 3.63) is 40.3 Å². The Morgan fingerprint density at radius 1 is 1.35 bits per heavy atom. The molecule has 1 aromatic rings. The smallest absolute Gasteiger partial charge is 0.233 e. The molecular weight excluding hydrogens is 283 g/mol. The van der Waals surface area contributed by atoms with E-state index in [1.54, 1.807) is 24.3 Å². The highest BCUT2D eigenvalue weighted by Gasteiger charge is 2.03. The van der Waals surface area contributed by atoms with Crippen LogP contribution in [0.3, 0.4) is 0 Å². The molecule has 0 radical (unpaired) electrons. The van der Waals surface area contributed by atoms with Crippen molar-refractivity contribution in [2.75, 3.05) is 13.1 Å². The van der Waals surface area contributed by atoms with Crippen LogP contribution in [0.1, 0.15) is 5.56 Å². The molecule has 0 aromatic heterocycles. The molecule has 96 valence electrons. The van der Waals surface area contributed by atoms with Crippen LogP contribution in [-0.4, -0.2) is 21.5 Å². The minimum Gasteiger partial charge on any atom is -0.329 e. The van der Waals surface area contributed by atoms with Gasteiger partial charge in [0.25, 0.3) is 0 Å². The molecule has 0 heterocycles. The molecule has 0 amide bonds. The third kappa shape index (κ3) is 6.05. The summed E-state index contributed by atoms with van der Waals surface area (Å²) in [4.78, 5) is 0. The number of hydrogen-bond acceptors (Lipinski definition) is 3. The van der Waals surface area contributed by atoms with E-state index in [-0.39, 0.29) is 25.5 Å². The van der Waals surface area contributed by atoms with Gasteiger partial charge in [0.2, 0.25) is 10.0 Å². The number of nitrogens with one attached hydrogen (secondary N) is 1. The van der Waals surface area contributed by atoms with Crippen LogP contribution in [0.2, 0.25) is 5.02 Å². The third-order valence-electron chi connectivity index (χ3n) is 1.78. The summed E-state index contributed by atoms with van der Waals surface area (Å²) in [5, 5.41) is 1.58. The van der Waals surface area contributed by atoms with Crippen molar-refractivity contribution in [3.8, 4) is 0 Å². The first kappa shape index (κ1) is 16.4. The quantitative estimate of drug-likeness (QED) is 0.867. The number of benzene rings is 1. The Morgan fingerprint density at radius 2 is 2.00 bits per heavy atom. The van der Waals surface area contributed by atoms with Crippen molar-refractivity contribution in [2.45, 2.75) is 0 Å². The van der Waals surface area contributed by atoms with Crippen LogP contribution in [0.25, 0.3) is 6.08 Å². The number of halogens is 2. The molecular formula is C10H14Cl2N2O2S. The highest BCUT2D eigenvalue weighted by atomic mass is 35.5. The summed E-state index contributed by atoms with van der Waals surface area (Å²) < 4.78 is 25.1. The van der Waals surface area contributed by atoms with Crippen LogP contribution in [0.5, 0.6) is 0 Å². The maximum Gasteiger partial charge on any atom is 0.233 e. The Bertz CT molecular complexity index is 475. The predicted molar refractivity (Wildman–Crippen MR) is 73.7 cm³/mol. The van der Waals surface area contributed by atoms with Gasteiger partial charge in [-0.25, -0.2) is 13.1 Å². The van der Waals surface area contributed by atoms with Gasteiger partial charge in [-0.1, -0.05) is 29.8 Å². The van der Waals surface area contributed by atoms with Gasteiger partial charge in [0, 0.05) is 23.5 Å². The SMILES string of the molecule is Cl.NCCNS(=O)(=O)C=Cc1ccccc1Cl. The molecule has 0 aliphatic rings. The molecule has 0 aliphatic carbocycles. The fraction of sp³-hybridized carbons (Fsp3) is 0.200. The molecule has 17 heavy (non-hydrogen) atoms. The average Bonchev–Trinajstić information content (AvgIpc) is 2.26. The number of sulfonamides is 1. The van der Waals surface area contributed by atoms with E-state index in [0.717, 1.165) is 5.41 Å². The van der Waals surface area contributed by atoms with Gasteiger partial charge < -0.3 is 5.73 Å². The summed E-state index contributed by atoms with van der Waals surface area (Å²) in [5.41, 5.74) is 5.85. The van der Waals surface area contributed by atoms with Crippen LogP contribution in [-0.2, 0) is 10.0 Å². The molecule has 7 heteroatoms. The second kappa shape index (κ2) is 7.68. The molecule has 3 N–H and O–H groups in total. The molecule has 0 spiro atoms. The Kier molecular flexibility index (Phi) is 7.41. The zero-order valence-electron chi connectivity index (χ0n) is 8.97. The first-order chi connectivity index (χ1) is 7.55. The Labute approximate surface area is 112 Å². The molecule has 1 aromatic carbocycles. The van der Waals surface area contributed by atoms with E-state index in [9.17, 15) is 8.42 Å². The van der Waals surface area contributed by atoms with Gasteiger partial charge in [0.05, 0.1) is 0 Å². The van der Waals surface area contributed by atoms with E-state index in [2.05, 4.69) is 4.72 Å². The van der Waals surface area contributed by atoms with E-state index in [4.69, 9.17) is 17.3 Å². The standard InChI is InChI=1S/C10H13ClN2O2S.ClH/c11-10-4-2-1-3-9(10)5-8-16(14,15)13-7-6-12;/h1-5,8,13H,6-7,12H2;1H. The molecule has 0 saturated heterocycles. The molecule has 0 bridgehead atoms. The summed E-state index contributed by atoms with van der Waals surface area (Å²) in [6.07, 6.45) is 1.45. The first-order valence-electron chi connectivity index (χ1n) is 4.67. The van der Waals surface area contributed by atoms with Crippen molar-refractivity contribution in [3.63, 3.8) is 0 Å². The molecule has 4 nitrogen and oxygen atoms in total.